The number of piperidine rings is 1. The lowest BCUT2D eigenvalue weighted by Gasteiger charge is -2.39. The average molecular weight is 679 g/mol. The van der Waals surface area contributed by atoms with Crippen LogP contribution in [0.4, 0.5) is 0 Å². The molecule has 1 aromatic heterocycles. The standard InChI is InChI=1S/C37H54N6O6/c1-7-12-25(29(44)34(48)39-23-16-17-23)40-33(47)28-26-24(37(26,5)6)20-43(28)35(49)30(36(2,3)4)42-32(46)27(21-13-9-8-10-14-21)41-31(45)22-15-11-18-38-19-22/h11,15,18-19,21,23-28,30H,7-10,12-14,16-17,20H2,1-6H3,(H,39,48)(H,40,47)(H,41,45)(H,42,46)/t24-,25-,26-,27-,28-,30+/m0/s1. The Balaban J connectivity index is 1.35. The molecule has 2 heterocycles. The van der Waals surface area contributed by atoms with E-state index in [2.05, 4.69) is 40.1 Å². The van der Waals surface area contributed by atoms with Gasteiger partial charge in [-0.3, -0.25) is 33.8 Å². The number of nitrogens with zero attached hydrogens (tertiary/aromatic N) is 2. The molecule has 3 saturated carbocycles. The summed E-state index contributed by atoms with van der Waals surface area (Å²) in [5, 5.41) is 11.5. The largest absolute Gasteiger partial charge is 0.347 e. The number of carbonyl (C=O) groups excluding carboxylic acids is 6. The van der Waals surface area contributed by atoms with Crippen molar-refractivity contribution in [2.24, 2.45) is 28.6 Å². The quantitative estimate of drug-likeness (QED) is 0.233. The van der Waals surface area contributed by atoms with Gasteiger partial charge in [0.15, 0.2) is 0 Å². The minimum Gasteiger partial charge on any atom is -0.347 e. The summed E-state index contributed by atoms with van der Waals surface area (Å²) in [6.45, 7) is 12.0. The second kappa shape index (κ2) is 14.6. The van der Waals surface area contributed by atoms with Crippen LogP contribution in [-0.4, -0.2) is 82.0 Å². The average Bonchev–Trinajstić information content (AvgIpc) is 3.92. The summed E-state index contributed by atoms with van der Waals surface area (Å²) in [5.41, 5.74) is -0.574. The first-order valence-electron chi connectivity index (χ1n) is 18.1. The van der Waals surface area contributed by atoms with Crippen molar-refractivity contribution in [3.63, 3.8) is 0 Å². The highest BCUT2D eigenvalue weighted by atomic mass is 16.2. The van der Waals surface area contributed by atoms with Gasteiger partial charge in [-0.05, 0) is 72.8 Å². The molecule has 0 bridgehead atoms. The van der Waals surface area contributed by atoms with Gasteiger partial charge in [-0.1, -0.05) is 67.2 Å². The minimum atomic E-state index is -0.994. The Morgan fingerprint density at radius 2 is 1.67 bits per heavy atom. The second-order valence-corrected chi connectivity index (χ2v) is 16.2. The van der Waals surface area contributed by atoms with E-state index in [-0.39, 0.29) is 35.1 Å². The van der Waals surface area contributed by atoms with Gasteiger partial charge in [0, 0.05) is 25.0 Å². The summed E-state index contributed by atoms with van der Waals surface area (Å²) in [7, 11) is 0. The maximum Gasteiger partial charge on any atom is 0.289 e. The first kappa shape index (κ1) is 36.5. The molecule has 49 heavy (non-hydrogen) atoms. The summed E-state index contributed by atoms with van der Waals surface area (Å²) in [4.78, 5) is 87.3. The number of ketones is 1. The van der Waals surface area contributed by atoms with Crippen molar-refractivity contribution in [1.82, 2.24) is 31.2 Å². The number of hydrogen-bond acceptors (Lipinski definition) is 7. The van der Waals surface area contributed by atoms with Gasteiger partial charge >= 0.3 is 0 Å². The fourth-order valence-corrected chi connectivity index (χ4v) is 7.90. The smallest absolute Gasteiger partial charge is 0.289 e. The minimum absolute atomic E-state index is 0.0105. The van der Waals surface area contributed by atoms with Crippen LogP contribution in [0.2, 0.25) is 0 Å². The van der Waals surface area contributed by atoms with Gasteiger partial charge < -0.3 is 26.2 Å². The van der Waals surface area contributed by atoms with E-state index in [1.54, 1.807) is 23.2 Å². The Morgan fingerprint density at radius 3 is 2.27 bits per heavy atom. The van der Waals surface area contributed by atoms with Crippen LogP contribution in [0.5, 0.6) is 0 Å². The fourth-order valence-electron chi connectivity index (χ4n) is 7.90. The van der Waals surface area contributed by atoms with Crippen molar-refractivity contribution in [3.8, 4) is 0 Å². The molecule has 12 heteroatoms. The molecule has 0 radical (unpaired) electrons. The molecule has 6 atom stereocenters. The zero-order valence-corrected chi connectivity index (χ0v) is 29.8. The van der Waals surface area contributed by atoms with Crippen LogP contribution in [-0.2, 0) is 24.0 Å². The topological polar surface area (TPSA) is 167 Å². The molecule has 268 valence electrons. The maximum absolute atomic E-state index is 14.5. The highest BCUT2D eigenvalue weighted by Gasteiger charge is 2.70. The number of aromatic nitrogens is 1. The molecule has 1 aromatic rings. The summed E-state index contributed by atoms with van der Waals surface area (Å²) >= 11 is 0. The highest BCUT2D eigenvalue weighted by Crippen LogP contribution is 2.65. The van der Waals surface area contributed by atoms with Crippen LogP contribution in [0.25, 0.3) is 0 Å². The lowest BCUT2D eigenvalue weighted by Crippen LogP contribution is -2.62. The third-order valence-electron chi connectivity index (χ3n) is 11.1. The van der Waals surface area contributed by atoms with Gasteiger partial charge in [0.05, 0.1) is 11.6 Å². The Kier molecular flexibility index (Phi) is 10.8. The van der Waals surface area contributed by atoms with Crippen LogP contribution in [0, 0.1) is 28.6 Å². The number of carbonyl (C=O) groups is 6. The number of Topliss-reactive ketones (excluding diaryl/α,β-unsaturated/α-hetero) is 1. The van der Waals surface area contributed by atoms with E-state index in [1.165, 1.54) is 6.20 Å². The second-order valence-electron chi connectivity index (χ2n) is 16.2. The van der Waals surface area contributed by atoms with Crippen molar-refractivity contribution in [2.75, 3.05) is 6.54 Å². The number of hydrogen-bond donors (Lipinski definition) is 4. The van der Waals surface area contributed by atoms with E-state index in [0.717, 1.165) is 44.9 Å². The number of nitrogens with one attached hydrogen (secondary N) is 4. The van der Waals surface area contributed by atoms with E-state index in [0.29, 0.717) is 24.9 Å². The molecular weight excluding hydrogens is 624 g/mol. The zero-order valence-electron chi connectivity index (χ0n) is 29.8. The van der Waals surface area contributed by atoms with Crippen LogP contribution in [0.1, 0.15) is 110 Å². The Bertz CT molecular complexity index is 1430. The van der Waals surface area contributed by atoms with Crippen LogP contribution >= 0.6 is 0 Å². The number of pyridine rings is 1. The third kappa shape index (κ3) is 8.15. The van der Waals surface area contributed by atoms with Crippen molar-refractivity contribution in [1.29, 1.82) is 0 Å². The van der Waals surface area contributed by atoms with Gasteiger partial charge in [0.25, 0.3) is 11.8 Å². The monoisotopic (exact) mass is 678 g/mol. The highest BCUT2D eigenvalue weighted by molar-refractivity contribution is 6.38. The Hall–Kier alpha value is -3.83. The number of amides is 5. The normalized spacial score (nSPS) is 24.9. The molecule has 1 saturated heterocycles. The van der Waals surface area contributed by atoms with E-state index in [1.807, 2.05) is 27.7 Å². The first-order valence-corrected chi connectivity index (χ1v) is 18.1. The van der Waals surface area contributed by atoms with Crippen LogP contribution in [0.3, 0.4) is 0 Å². The summed E-state index contributed by atoms with van der Waals surface area (Å²) in [6, 6.07) is -0.372. The lowest BCUT2D eigenvalue weighted by molar-refractivity contribution is -0.147. The molecule has 12 nitrogen and oxygen atoms in total. The molecule has 3 aliphatic carbocycles. The summed E-state index contributed by atoms with van der Waals surface area (Å²) < 4.78 is 0. The Labute approximate surface area is 289 Å². The van der Waals surface area contributed by atoms with Crippen molar-refractivity contribution in [2.45, 2.75) is 130 Å². The molecule has 1 aliphatic heterocycles. The zero-order chi connectivity index (χ0) is 35.7. The molecule has 5 rings (SSSR count). The van der Waals surface area contributed by atoms with Crippen molar-refractivity contribution in [3.05, 3.63) is 30.1 Å². The van der Waals surface area contributed by atoms with Crippen LogP contribution in [0.15, 0.2) is 24.5 Å². The third-order valence-corrected chi connectivity index (χ3v) is 11.1. The molecule has 0 unspecified atom stereocenters. The number of fused-ring (bicyclic) bond motifs is 1. The molecule has 4 aliphatic rings. The summed E-state index contributed by atoms with van der Waals surface area (Å²) in [5.74, 6) is -3.18. The SMILES string of the molecule is CCC[C@H](NC(=O)[C@@H]1[C@@H]2[C@H](CN1C(=O)[C@@H](NC(=O)[C@@H](NC(=O)c1cccnc1)C1CCCCC1)C(C)(C)C)C2(C)C)C(=O)C(=O)NC1CC1. The first-order chi connectivity index (χ1) is 23.1. The van der Waals surface area contributed by atoms with Gasteiger partial charge in [0.2, 0.25) is 23.5 Å². The van der Waals surface area contributed by atoms with E-state index >= 15 is 0 Å². The van der Waals surface area contributed by atoms with Gasteiger partial charge in [-0.15, -0.1) is 0 Å². The van der Waals surface area contributed by atoms with Crippen LogP contribution < -0.4 is 21.3 Å². The number of likely N-dealkylation sites (tertiary alicyclic amines) is 1. The fraction of sp³-hybridized carbons (Fsp3) is 0.703. The van der Waals surface area contributed by atoms with E-state index in [4.69, 9.17) is 0 Å². The molecule has 4 fully saturated rings. The van der Waals surface area contributed by atoms with Gasteiger partial charge in [-0.2, -0.15) is 0 Å². The van der Waals surface area contributed by atoms with Crippen molar-refractivity contribution < 1.29 is 28.8 Å². The maximum atomic E-state index is 14.5. The Morgan fingerprint density at radius 1 is 0.980 bits per heavy atom. The number of rotatable bonds is 13. The van der Waals surface area contributed by atoms with Gasteiger partial charge in [0.1, 0.15) is 18.1 Å². The van der Waals surface area contributed by atoms with E-state index < -0.39 is 59.0 Å². The molecule has 0 spiro atoms. The van der Waals surface area contributed by atoms with Crippen molar-refractivity contribution >= 4 is 35.3 Å². The molecule has 5 amide bonds. The molecule has 4 N–H and O–H groups in total. The predicted molar refractivity (Wildman–Crippen MR) is 183 cm³/mol. The van der Waals surface area contributed by atoms with E-state index in [9.17, 15) is 28.8 Å². The molecular formula is C37H54N6O6. The predicted octanol–water partition coefficient (Wildman–Crippen LogP) is 2.91. The molecule has 0 aromatic carbocycles. The lowest BCUT2D eigenvalue weighted by atomic mass is 9.82. The van der Waals surface area contributed by atoms with Gasteiger partial charge in [-0.25, -0.2) is 0 Å². The summed E-state index contributed by atoms with van der Waals surface area (Å²) in [6.07, 6.45) is 10.1.